The van der Waals surface area contributed by atoms with Gasteiger partial charge in [-0.3, -0.25) is 14.6 Å². The SMILES string of the molecule is O=C(CCc1ccccc1Br)Nc1cccc(CNC(=O)c2cccnc2)c1. The van der Waals surface area contributed by atoms with E-state index in [-0.39, 0.29) is 11.8 Å². The predicted molar refractivity (Wildman–Crippen MR) is 113 cm³/mol. The molecular weight excluding hydrogens is 418 g/mol. The molecule has 1 heterocycles. The number of rotatable bonds is 7. The number of nitrogens with zero attached hydrogens (tertiary/aromatic N) is 1. The molecule has 0 aliphatic carbocycles. The Morgan fingerprint density at radius 3 is 2.64 bits per heavy atom. The van der Waals surface area contributed by atoms with E-state index in [1.807, 2.05) is 48.5 Å². The molecule has 2 aromatic carbocycles. The van der Waals surface area contributed by atoms with Gasteiger partial charge in [-0.2, -0.15) is 0 Å². The average Bonchev–Trinajstić information content (AvgIpc) is 2.72. The molecule has 142 valence electrons. The van der Waals surface area contributed by atoms with Crippen molar-refractivity contribution in [2.24, 2.45) is 0 Å². The summed E-state index contributed by atoms with van der Waals surface area (Å²) in [6, 6.07) is 18.8. The number of anilines is 1. The summed E-state index contributed by atoms with van der Waals surface area (Å²) in [5.74, 6) is -0.233. The van der Waals surface area contributed by atoms with Crippen molar-refractivity contribution in [3.63, 3.8) is 0 Å². The number of amides is 2. The summed E-state index contributed by atoms with van der Waals surface area (Å²) in [7, 11) is 0. The third-order valence-corrected chi connectivity index (χ3v) is 4.94. The minimum absolute atomic E-state index is 0.0488. The molecule has 3 rings (SSSR count). The van der Waals surface area contributed by atoms with Crippen molar-refractivity contribution in [3.8, 4) is 0 Å². The van der Waals surface area contributed by atoms with E-state index in [9.17, 15) is 9.59 Å². The van der Waals surface area contributed by atoms with Crippen LogP contribution in [0, 0.1) is 0 Å². The zero-order chi connectivity index (χ0) is 19.8. The maximum Gasteiger partial charge on any atom is 0.253 e. The normalized spacial score (nSPS) is 10.3. The molecule has 0 bridgehead atoms. The fourth-order valence-electron chi connectivity index (χ4n) is 2.71. The topological polar surface area (TPSA) is 71.1 Å². The molecule has 5 nitrogen and oxygen atoms in total. The number of carbonyl (C=O) groups is 2. The lowest BCUT2D eigenvalue weighted by Gasteiger charge is -2.09. The summed E-state index contributed by atoms with van der Waals surface area (Å²) in [5, 5.41) is 5.77. The molecule has 0 saturated carbocycles. The molecular formula is C22H20BrN3O2. The van der Waals surface area contributed by atoms with Gasteiger partial charge in [0.15, 0.2) is 0 Å². The van der Waals surface area contributed by atoms with Crippen molar-refractivity contribution >= 4 is 33.4 Å². The highest BCUT2D eigenvalue weighted by Crippen LogP contribution is 2.18. The van der Waals surface area contributed by atoms with E-state index in [0.717, 1.165) is 15.6 Å². The Morgan fingerprint density at radius 2 is 1.86 bits per heavy atom. The molecule has 0 spiro atoms. The van der Waals surface area contributed by atoms with Crippen molar-refractivity contribution in [2.75, 3.05) is 5.32 Å². The number of pyridine rings is 1. The standard InChI is InChI=1S/C22H20BrN3O2/c23-20-9-2-1-6-17(20)10-11-21(27)26-19-8-3-5-16(13-19)14-25-22(28)18-7-4-12-24-15-18/h1-9,12-13,15H,10-11,14H2,(H,25,28)(H,26,27). The van der Waals surface area contributed by atoms with Gasteiger partial charge in [0.1, 0.15) is 0 Å². The van der Waals surface area contributed by atoms with Gasteiger partial charge in [0.25, 0.3) is 5.91 Å². The first kappa shape index (κ1) is 19.8. The second-order valence-electron chi connectivity index (χ2n) is 6.26. The predicted octanol–water partition coefficient (Wildman–Crippen LogP) is 4.35. The van der Waals surface area contributed by atoms with Crippen LogP contribution < -0.4 is 10.6 Å². The van der Waals surface area contributed by atoms with Crippen LogP contribution in [-0.2, 0) is 17.8 Å². The lowest BCUT2D eigenvalue weighted by atomic mass is 10.1. The van der Waals surface area contributed by atoms with Crippen molar-refractivity contribution in [2.45, 2.75) is 19.4 Å². The summed E-state index contributed by atoms with van der Waals surface area (Å²) in [6.07, 6.45) is 4.20. The molecule has 0 unspecified atom stereocenters. The Morgan fingerprint density at radius 1 is 1.00 bits per heavy atom. The van der Waals surface area contributed by atoms with Crippen molar-refractivity contribution < 1.29 is 9.59 Å². The van der Waals surface area contributed by atoms with Crippen LogP contribution in [0.5, 0.6) is 0 Å². The summed E-state index contributed by atoms with van der Waals surface area (Å²) in [6.45, 7) is 0.369. The molecule has 3 aromatic rings. The van der Waals surface area contributed by atoms with Gasteiger partial charge in [-0.1, -0.05) is 46.3 Å². The fraction of sp³-hybridized carbons (Fsp3) is 0.136. The van der Waals surface area contributed by atoms with Gasteiger partial charge >= 0.3 is 0 Å². The number of hydrogen-bond acceptors (Lipinski definition) is 3. The molecule has 0 saturated heterocycles. The third-order valence-electron chi connectivity index (χ3n) is 4.17. The number of hydrogen-bond donors (Lipinski definition) is 2. The summed E-state index contributed by atoms with van der Waals surface area (Å²) < 4.78 is 1.01. The molecule has 0 fully saturated rings. The van der Waals surface area contributed by atoms with Crippen LogP contribution >= 0.6 is 15.9 Å². The Bertz CT molecular complexity index is 961. The van der Waals surface area contributed by atoms with Crippen LogP contribution in [0.3, 0.4) is 0 Å². The highest BCUT2D eigenvalue weighted by atomic mass is 79.9. The average molecular weight is 438 g/mol. The minimum Gasteiger partial charge on any atom is -0.348 e. The zero-order valence-corrected chi connectivity index (χ0v) is 16.8. The molecule has 2 N–H and O–H groups in total. The Labute approximate surface area is 172 Å². The Hall–Kier alpha value is -2.99. The van der Waals surface area contributed by atoms with Crippen LogP contribution in [0.25, 0.3) is 0 Å². The van der Waals surface area contributed by atoms with E-state index >= 15 is 0 Å². The summed E-state index contributed by atoms with van der Waals surface area (Å²) in [5.41, 5.74) is 3.23. The molecule has 28 heavy (non-hydrogen) atoms. The minimum atomic E-state index is -0.184. The van der Waals surface area contributed by atoms with E-state index in [4.69, 9.17) is 0 Å². The second-order valence-corrected chi connectivity index (χ2v) is 7.12. The zero-order valence-electron chi connectivity index (χ0n) is 15.2. The largest absolute Gasteiger partial charge is 0.348 e. The molecule has 2 amide bonds. The van der Waals surface area contributed by atoms with E-state index in [1.54, 1.807) is 18.3 Å². The Kier molecular flexibility index (Phi) is 6.92. The van der Waals surface area contributed by atoms with E-state index in [0.29, 0.717) is 30.6 Å². The van der Waals surface area contributed by atoms with Gasteiger partial charge in [-0.15, -0.1) is 0 Å². The molecule has 0 aliphatic heterocycles. The summed E-state index contributed by atoms with van der Waals surface area (Å²) in [4.78, 5) is 28.3. The van der Waals surface area contributed by atoms with Gasteiger partial charge < -0.3 is 10.6 Å². The molecule has 0 aliphatic rings. The first-order valence-electron chi connectivity index (χ1n) is 8.92. The molecule has 0 atom stereocenters. The fourth-order valence-corrected chi connectivity index (χ4v) is 3.20. The lowest BCUT2D eigenvalue weighted by molar-refractivity contribution is -0.116. The van der Waals surface area contributed by atoms with E-state index < -0.39 is 0 Å². The second kappa shape index (κ2) is 9.80. The van der Waals surface area contributed by atoms with Crippen molar-refractivity contribution in [1.82, 2.24) is 10.3 Å². The summed E-state index contributed by atoms with van der Waals surface area (Å²) >= 11 is 3.50. The lowest BCUT2D eigenvalue weighted by Crippen LogP contribution is -2.23. The highest BCUT2D eigenvalue weighted by Gasteiger charge is 2.07. The maximum atomic E-state index is 12.3. The number of nitrogens with one attached hydrogen (secondary N) is 2. The molecule has 0 radical (unpaired) electrons. The molecule has 1 aromatic heterocycles. The number of carbonyl (C=O) groups excluding carboxylic acids is 2. The highest BCUT2D eigenvalue weighted by molar-refractivity contribution is 9.10. The van der Waals surface area contributed by atoms with Gasteiger partial charge in [0.2, 0.25) is 5.91 Å². The van der Waals surface area contributed by atoms with E-state index in [2.05, 4.69) is 31.5 Å². The van der Waals surface area contributed by atoms with Crippen LogP contribution in [0.1, 0.15) is 27.9 Å². The van der Waals surface area contributed by atoms with Crippen LogP contribution in [-0.4, -0.2) is 16.8 Å². The van der Waals surface area contributed by atoms with Gasteiger partial charge in [-0.05, 0) is 47.9 Å². The monoisotopic (exact) mass is 437 g/mol. The Balaban J connectivity index is 1.52. The maximum absolute atomic E-state index is 12.3. The van der Waals surface area contributed by atoms with Gasteiger partial charge in [-0.25, -0.2) is 0 Å². The first-order chi connectivity index (χ1) is 13.6. The molecule has 6 heteroatoms. The number of halogens is 1. The van der Waals surface area contributed by atoms with Crippen LogP contribution in [0.2, 0.25) is 0 Å². The van der Waals surface area contributed by atoms with Gasteiger partial charge in [0, 0.05) is 35.5 Å². The quantitative estimate of drug-likeness (QED) is 0.577. The smallest absolute Gasteiger partial charge is 0.253 e. The number of benzene rings is 2. The third kappa shape index (κ3) is 5.76. The van der Waals surface area contributed by atoms with Gasteiger partial charge in [0.05, 0.1) is 5.56 Å². The number of aryl methyl sites for hydroxylation is 1. The van der Waals surface area contributed by atoms with Crippen molar-refractivity contribution in [3.05, 3.63) is 94.2 Å². The number of aromatic nitrogens is 1. The van der Waals surface area contributed by atoms with Crippen LogP contribution in [0.15, 0.2) is 77.5 Å². The first-order valence-corrected chi connectivity index (χ1v) is 9.71. The van der Waals surface area contributed by atoms with Crippen molar-refractivity contribution in [1.29, 1.82) is 0 Å². The van der Waals surface area contributed by atoms with Crippen LogP contribution in [0.4, 0.5) is 5.69 Å². The van der Waals surface area contributed by atoms with E-state index in [1.165, 1.54) is 6.20 Å².